The molecule has 7 heteroatoms. The van der Waals surface area contributed by atoms with Crippen LogP contribution in [-0.2, 0) is 0 Å². The van der Waals surface area contributed by atoms with Crippen molar-refractivity contribution >= 4 is 17.3 Å². The van der Waals surface area contributed by atoms with Crippen molar-refractivity contribution in [2.24, 2.45) is 11.0 Å². The summed E-state index contributed by atoms with van der Waals surface area (Å²) in [6.45, 7) is 4.84. The summed E-state index contributed by atoms with van der Waals surface area (Å²) >= 11 is 0. The summed E-state index contributed by atoms with van der Waals surface area (Å²) in [6.07, 6.45) is 7.01. The van der Waals surface area contributed by atoms with E-state index in [-0.39, 0.29) is 5.92 Å². The lowest BCUT2D eigenvalue weighted by Crippen LogP contribution is -2.34. The average Bonchev–Trinajstić information content (AvgIpc) is 3.15. The summed E-state index contributed by atoms with van der Waals surface area (Å²) in [7, 11) is 0. The molecule has 0 saturated heterocycles. The molecule has 0 aliphatic carbocycles. The highest BCUT2D eigenvalue weighted by Gasteiger charge is 2.28. The second kappa shape index (κ2) is 6.87. The molecule has 4 heterocycles. The summed E-state index contributed by atoms with van der Waals surface area (Å²) in [5, 5.41) is 6.72. The van der Waals surface area contributed by atoms with Gasteiger partial charge in [-0.25, -0.2) is 20.0 Å². The van der Waals surface area contributed by atoms with Gasteiger partial charge in [-0.2, -0.15) is 5.10 Å². The van der Waals surface area contributed by atoms with E-state index in [1.54, 1.807) is 24.7 Å². The van der Waals surface area contributed by atoms with Gasteiger partial charge in [0.2, 0.25) is 0 Å². The second-order valence-electron chi connectivity index (χ2n) is 6.25. The highest BCUT2D eigenvalue weighted by molar-refractivity contribution is 6.01. The Balaban J connectivity index is 1.68. The van der Waals surface area contributed by atoms with Gasteiger partial charge < -0.3 is 0 Å². The van der Waals surface area contributed by atoms with Crippen molar-refractivity contribution in [1.82, 2.24) is 19.9 Å². The minimum atomic E-state index is 0.259. The van der Waals surface area contributed by atoms with Crippen molar-refractivity contribution in [2.75, 3.05) is 16.6 Å². The smallest absolute Gasteiger partial charge is 0.178 e. The number of amidine groups is 1. The number of nitrogens with zero attached hydrogens (tertiary/aromatic N) is 7. The van der Waals surface area contributed by atoms with E-state index in [9.17, 15) is 0 Å². The predicted octanol–water partition coefficient (Wildman–Crippen LogP) is 3.19. The molecule has 7 nitrogen and oxygen atoms in total. The number of hydrazone groups is 1. The molecule has 0 amide bonds. The van der Waals surface area contributed by atoms with Crippen molar-refractivity contribution in [3.05, 3.63) is 61.2 Å². The van der Waals surface area contributed by atoms with E-state index in [0.717, 1.165) is 23.0 Å². The van der Waals surface area contributed by atoms with Crippen LogP contribution < -0.4 is 9.91 Å². The van der Waals surface area contributed by atoms with Crippen molar-refractivity contribution in [1.29, 1.82) is 0 Å². The summed E-state index contributed by atoms with van der Waals surface area (Å²) in [6, 6.07) is 11.6. The Morgan fingerprint density at radius 1 is 0.962 bits per heavy atom. The molecule has 0 atom stereocenters. The van der Waals surface area contributed by atoms with E-state index in [4.69, 9.17) is 10.1 Å². The molecule has 4 rings (SSSR count). The van der Waals surface area contributed by atoms with Crippen molar-refractivity contribution in [3.8, 4) is 11.5 Å². The maximum Gasteiger partial charge on any atom is 0.178 e. The SMILES string of the molecule is CC(C)C1=NN(c2cccnc2)CN1c1cccc(-c2ncccn2)n1. The van der Waals surface area contributed by atoms with Crippen LogP contribution in [0.2, 0.25) is 0 Å². The zero-order chi connectivity index (χ0) is 17.9. The third kappa shape index (κ3) is 3.11. The minimum Gasteiger partial charge on any atom is -0.292 e. The first-order valence-electron chi connectivity index (χ1n) is 8.50. The maximum atomic E-state index is 4.78. The van der Waals surface area contributed by atoms with Gasteiger partial charge in [-0.15, -0.1) is 0 Å². The Bertz CT molecular complexity index is 909. The minimum absolute atomic E-state index is 0.259. The van der Waals surface area contributed by atoms with Gasteiger partial charge in [0.25, 0.3) is 0 Å². The fourth-order valence-corrected chi connectivity index (χ4v) is 2.81. The van der Waals surface area contributed by atoms with Gasteiger partial charge in [-0.3, -0.25) is 9.88 Å². The van der Waals surface area contributed by atoms with Gasteiger partial charge >= 0.3 is 0 Å². The second-order valence-corrected chi connectivity index (χ2v) is 6.25. The summed E-state index contributed by atoms with van der Waals surface area (Å²) in [5.41, 5.74) is 1.70. The molecule has 0 fully saturated rings. The first kappa shape index (κ1) is 16.1. The molecule has 0 aromatic carbocycles. The van der Waals surface area contributed by atoms with Gasteiger partial charge in [0.15, 0.2) is 5.82 Å². The number of hydrogen-bond acceptors (Lipinski definition) is 7. The number of aromatic nitrogens is 4. The van der Waals surface area contributed by atoms with Crippen LogP contribution in [0.5, 0.6) is 0 Å². The quantitative estimate of drug-likeness (QED) is 0.723. The third-order valence-electron chi connectivity index (χ3n) is 4.04. The van der Waals surface area contributed by atoms with E-state index in [2.05, 4.69) is 33.7 Å². The van der Waals surface area contributed by atoms with Crippen molar-refractivity contribution < 1.29 is 0 Å². The zero-order valence-corrected chi connectivity index (χ0v) is 14.7. The lowest BCUT2D eigenvalue weighted by atomic mass is 10.2. The molecule has 0 bridgehead atoms. The van der Waals surface area contributed by atoms with E-state index in [1.807, 2.05) is 41.5 Å². The molecule has 130 valence electrons. The molecule has 0 spiro atoms. The molecular weight excluding hydrogens is 326 g/mol. The van der Waals surface area contributed by atoms with Crippen molar-refractivity contribution in [3.63, 3.8) is 0 Å². The van der Waals surface area contributed by atoms with E-state index in [1.165, 1.54) is 0 Å². The molecule has 26 heavy (non-hydrogen) atoms. The summed E-state index contributed by atoms with van der Waals surface area (Å²) in [4.78, 5) is 19.7. The molecular formula is C19H19N7. The standard InChI is InChI=1S/C19H19N7/c1-14(2)19-24-26(15-6-4-9-20-12-15)13-25(19)17-8-3-7-16(23-17)18-21-10-5-11-22-18/h3-12,14H,13H2,1-2H3. The zero-order valence-electron chi connectivity index (χ0n) is 14.7. The first-order chi connectivity index (χ1) is 12.7. The summed E-state index contributed by atoms with van der Waals surface area (Å²) in [5.74, 6) is 2.66. The van der Waals surface area contributed by atoms with Gasteiger partial charge in [-0.1, -0.05) is 19.9 Å². The van der Waals surface area contributed by atoms with E-state index in [0.29, 0.717) is 12.5 Å². The number of anilines is 2. The molecule has 0 N–H and O–H groups in total. The Kier molecular flexibility index (Phi) is 4.27. The molecule has 1 aliphatic rings. The normalized spacial score (nSPS) is 14.0. The maximum absolute atomic E-state index is 4.78. The third-order valence-corrected chi connectivity index (χ3v) is 4.04. The summed E-state index contributed by atoms with van der Waals surface area (Å²) < 4.78 is 0. The molecule has 0 radical (unpaired) electrons. The van der Waals surface area contributed by atoms with Crippen LogP contribution >= 0.6 is 0 Å². The van der Waals surface area contributed by atoms with Crippen LogP contribution in [0.15, 0.2) is 66.3 Å². The highest BCUT2D eigenvalue weighted by atomic mass is 15.6. The van der Waals surface area contributed by atoms with Crippen LogP contribution in [-0.4, -0.2) is 32.4 Å². The van der Waals surface area contributed by atoms with Crippen molar-refractivity contribution in [2.45, 2.75) is 13.8 Å². The van der Waals surface area contributed by atoms with Crippen LogP contribution in [0, 0.1) is 5.92 Å². The molecule has 0 saturated carbocycles. The topological polar surface area (TPSA) is 70.4 Å². The number of pyridine rings is 2. The molecule has 1 aliphatic heterocycles. The number of rotatable bonds is 4. The Labute approximate surface area is 152 Å². The fourth-order valence-electron chi connectivity index (χ4n) is 2.81. The Morgan fingerprint density at radius 2 is 1.81 bits per heavy atom. The number of hydrogen-bond donors (Lipinski definition) is 0. The lowest BCUT2D eigenvalue weighted by molar-refractivity contribution is 0.857. The van der Waals surface area contributed by atoms with E-state index >= 15 is 0 Å². The lowest BCUT2D eigenvalue weighted by Gasteiger charge is -2.22. The molecule has 3 aromatic heterocycles. The molecule has 0 unspecified atom stereocenters. The monoisotopic (exact) mass is 345 g/mol. The molecule has 3 aromatic rings. The van der Waals surface area contributed by atoms with Crippen LogP contribution in [0.1, 0.15) is 13.8 Å². The first-order valence-corrected chi connectivity index (χ1v) is 8.50. The average molecular weight is 345 g/mol. The largest absolute Gasteiger partial charge is 0.292 e. The highest BCUT2D eigenvalue weighted by Crippen LogP contribution is 2.26. The fraction of sp³-hybridized carbons (Fsp3) is 0.211. The van der Waals surface area contributed by atoms with Crippen LogP contribution in [0.4, 0.5) is 11.5 Å². The van der Waals surface area contributed by atoms with Crippen LogP contribution in [0.25, 0.3) is 11.5 Å². The Hall–Kier alpha value is -3.35. The van der Waals surface area contributed by atoms with Gasteiger partial charge in [0, 0.05) is 24.5 Å². The van der Waals surface area contributed by atoms with Gasteiger partial charge in [0.05, 0.1) is 11.9 Å². The van der Waals surface area contributed by atoms with Gasteiger partial charge in [-0.05, 0) is 30.3 Å². The predicted molar refractivity (Wildman–Crippen MR) is 102 cm³/mol. The van der Waals surface area contributed by atoms with Gasteiger partial charge in [0.1, 0.15) is 24.0 Å². The Morgan fingerprint density at radius 3 is 2.54 bits per heavy atom. The van der Waals surface area contributed by atoms with E-state index < -0.39 is 0 Å². The van der Waals surface area contributed by atoms with Crippen LogP contribution in [0.3, 0.4) is 0 Å².